The number of rotatable bonds is 6. The first-order valence-electron chi connectivity index (χ1n) is 9.30. The fraction of sp³-hybridized carbons (Fsp3) is 0.333. The van der Waals surface area contributed by atoms with Crippen LogP contribution in [0.5, 0.6) is 0 Å². The van der Waals surface area contributed by atoms with Crippen molar-refractivity contribution in [2.45, 2.75) is 37.8 Å². The Bertz CT molecular complexity index is 765. The molecule has 1 aromatic heterocycles. The van der Waals surface area contributed by atoms with Gasteiger partial charge in [-0.3, -0.25) is 15.1 Å². The molecule has 1 saturated carbocycles. The molecule has 5 nitrogen and oxygen atoms in total. The molecule has 0 spiro atoms. The lowest BCUT2D eigenvalue weighted by molar-refractivity contribution is 0.0773. The van der Waals surface area contributed by atoms with Crippen LogP contribution in [-0.2, 0) is 0 Å². The van der Waals surface area contributed by atoms with Crippen molar-refractivity contribution in [2.24, 2.45) is 0 Å². The Hall–Kier alpha value is -2.44. The highest BCUT2D eigenvalue weighted by Gasteiger charge is 2.31. The number of nitrogens with zero attached hydrogens (tertiary/aromatic N) is 1. The molecule has 0 bridgehead atoms. The zero-order chi connectivity index (χ0) is 19.1. The van der Waals surface area contributed by atoms with E-state index in [1.807, 2.05) is 54.9 Å². The molecule has 0 radical (unpaired) electrons. The maximum atomic E-state index is 13.1. The third kappa shape index (κ3) is 5.05. The molecule has 3 N–H and O–H groups in total. The number of hydrogen-bond donors (Lipinski definition) is 3. The molecular weight excluding hydrogens is 356 g/mol. The average Bonchev–Trinajstić information content (AvgIpc) is 3.24. The minimum absolute atomic E-state index is 0.0677. The van der Waals surface area contributed by atoms with Crippen molar-refractivity contribution < 1.29 is 4.79 Å². The van der Waals surface area contributed by atoms with E-state index in [0.717, 1.165) is 31.4 Å². The molecule has 1 aliphatic carbocycles. The van der Waals surface area contributed by atoms with Crippen LogP contribution in [-0.4, -0.2) is 35.8 Å². The summed E-state index contributed by atoms with van der Waals surface area (Å²) in [5.41, 5.74) is 0.951. The van der Waals surface area contributed by atoms with Gasteiger partial charge in [0.1, 0.15) is 5.84 Å². The summed E-state index contributed by atoms with van der Waals surface area (Å²) >= 11 is 1.43. The number of amides is 1. The monoisotopic (exact) mass is 382 g/mol. The first-order valence-corrected chi connectivity index (χ1v) is 10.2. The Morgan fingerprint density at radius 3 is 2.52 bits per heavy atom. The molecule has 1 aliphatic rings. The summed E-state index contributed by atoms with van der Waals surface area (Å²) in [6.07, 6.45) is 7.26. The fourth-order valence-electron chi connectivity index (χ4n) is 3.45. The standard InChI is InChI=1S/C21H26N4OS/c1-23-16-9-11-18(12-10-16)25(21(26)19-8-5-15-27-19)20(22)13-14-24-17-6-3-2-4-7-17/h2-8,13-16,18,22-24H,9-12H2,1H3/b14-13-,22-20?. The van der Waals surface area contributed by atoms with E-state index in [-0.39, 0.29) is 17.8 Å². The van der Waals surface area contributed by atoms with E-state index in [2.05, 4.69) is 10.6 Å². The normalized spacial score (nSPS) is 19.7. The van der Waals surface area contributed by atoms with Crippen molar-refractivity contribution in [1.82, 2.24) is 10.2 Å². The molecule has 1 heterocycles. The first kappa shape index (κ1) is 19.3. The zero-order valence-electron chi connectivity index (χ0n) is 15.5. The van der Waals surface area contributed by atoms with Crippen LogP contribution in [0.15, 0.2) is 60.1 Å². The molecule has 3 rings (SSSR count). The van der Waals surface area contributed by atoms with Crippen molar-refractivity contribution in [1.29, 1.82) is 5.41 Å². The van der Waals surface area contributed by atoms with Gasteiger partial charge >= 0.3 is 0 Å². The van der Waals surface area contributed by atoms with Gasteiger partial charge in [0.05, 0.1) is 4.88 Å². The Kier molecular flexibility index (Phi) is 6.79. The summed E-state index contributed by atoms with van der Waals surface area (Å²) in [5.74, 6) is 0.150. The number of benzene rings is 1. The third-order valence-electron chi connectivity index (χ3n) is 4.95. The van der Waals surface area contributed by atoms with Gasteiger partial charge in [0, 0.05) is 24.0 Å². The number of carbonyl (C=O) groups is 1. The van der Waals surface area contributed by atoms with E-state index in [9.17, 15) is 4.79 Å². The maximum absolute atomic E-state index is 13.1. The highest BCUT2D eigenvalue weighted by molar-refractivity contribution is 7.12. The Labute approximate surface area is 164 Å². The average molecular weight is 383 g/mol. The lowest BCUT2D eigenvalue weighted by Gasteiger charge is -2.36. The minimum Gasteiger partial charge on any atom is -0.362 e. The van der Waals surface area contributed by atoms with Gasteiger partial charge < -0.3 is 10.6 Å². The van der Waals surface area contributed by atoms with E-state index in [4.69, 9.17) is 5.41 Å². The third-order valence-corrected chi connectivity index (χ3v) is 5.80. The Balaban J connectivity index is 1.72. The van der Waals surface area contributed by atoms with Crippen LogP contribution in [0, 0.1) is 5.41 Å². The highest BCUT2D eigenvalue weighted by atomic mass is 32.1. The predicted molar refractivity (Wildman–Crippen MR) is 113 cm³/mol. The second-order valence-electron chi connectivity index (χ2n) is 6.68. The van der Waals surface area contributed by atoms with E-state index < -0.39 is 0 Å². The van der Waals surface area contributed by atoms with Crippen molar-refractivity contribution in [3.63, 3.8) is 0 Å². The SMILES string of the molecule is CNC1CCC(N(C(=N)/C=C\Nc2ccccc2)C(=O)c2cccs2)CC1. The van der Waals surface area contributed by atoms with E-state index >= 15 is 0 Å². The molecule has 1 amide bonds. The topological polar surface area (TPSA) is 68.2 Å². The lowest BCUT2D eigenvalue weighted by atomic mass is 9.90. The predicted octanol–water partition coefficient (Wildman–Crippen LogP) is 4.32. The van der Waals surface area contributed by atoms with Crippen LogP contribution in [0.25, 0.3) is 0 Å². The molecule has 0 aliphatic heterocycles. The van der Waals surface area contributed by atoms with Crippen LogP contribution < -0.4 is 10.6 Å². The second-order valence-corrected chi connectivity index (χ2v) is 7.62. The molecule has 6 heteroatoms. The van der Waals surface area contributed by atoms with Gasteiger partial charge in [0.2, 0.25) is 0 Å². The molecule has 0 atom stereocenters. The van der Waals surface area contributed by atoms with E-state index in [1.165, 1.54) is 11.3 Å². The van der Waals surface area contributed by atoms with Crippen LogP contribution in [0.4, 0.5) is 5.69 Å². The Morgan fingerprint density at radius 1 is 1.15 bits per heavy atom. The van der Waals surface area contributed by atoms with Crippen LogP contribution in [0.1, 0.15) is 35.4 Å². The van der Waals surface area contributed by atoms with Crippen LogP contribution in [0.3, 0.4) is 0 Å². The second kappa shape index (κ2) is 9.48. The van der Waals surface area contributed by atoms with Crippen molar-refractivity contribution in [3.05, 3.63) is 65.0 Å². The summed E-state index contributed by atoms with van der Waals surface area (Å²) < 4.78 is 0. The fourth-order valence-corrected chi connectivity index (χ4v) is 4.11. The van der Waals surface area contributed by atoms with Gasteiger partial charge in [-0.15, -0.1) is 11.3 Å². The summed E-state index contributed by atoms with van der Waals surface area (Å²) in [5, 5.41) is 16.9. The van der Waals surface area contributed by atoms with Crippen molar-refractivity contribution >= 4 is 28.8 Å². The van der Waals surface area contributed by atoms with Gasteiger partial charge in [0.25, 0.3) is 5.91 Å². The summed E-state index contributed by atoms with van der Waals surface area (Å²) in [6, 6.07) is 14.1. The molecule has 1 aromatic carbocycles. The molecule has 2 aromatic rings. The number of nitrogens with one attached hydrogen (secondary N) is 3. The number of carbonyl (C=O) groups excluding carboxylic acids is 1. The highest BCUT2D eigenvalue weighted by Crippen LogP contribution is 2.26. The first-order chi connectivity index (χ1) is 13.2. The quantitative estimate of drug-likeness (QED) is 0.515. The smallest absolute Gasteiger partial charge is 0.269 e. The van der Waals surface area contributed by atoms with E-state index in [0.29, 0.717) is 10.9 Å². The molecule has 0 saturated heterocycles. The van der Waals surface area contributed by atoms with Crippen molar-refractivity contribution in [2.75, 3.05) is 12.4 Å². The van der Waals surface area contributed by atoms with Gasteiger partial charge in [-0.2, -0.15) is 0 Å². The van der Waals surface area contributed by atoms with Crippen LogP contribution in [0.2, 0.25) is 0 Å². The maximum Gasteiger partial charge on any atom is 0.269 e. The zero-order valence-corrected chi connectivity index (χ0v) is 16.3. The van der Waals surface area contributed by atoms with Gasteiger partial charge in [-0.1, -0.05) is 24.3 Å². The number of thiophene rings is 1. The molecule has 0 unspecified atom stereocenters. The van der Waals surface area contributed by atoms with Gasteiger partial charge in [-0.05, 0) is 62.4 Å². The largest absolute Gasteiger partial charge is 0.362 e. The van der Waals surface area contributed by atoms with Crippen molar-refractivity contribution in [3.8, 4) is 0 Å². The summed E-state index contributed by atoms with van der Waals surface area (Å²) in [6.45, 7) is 0. The number of anilines is 1. The summed E-state index contributed by atoms with van der Waals surface area (Å²) in [7, 11) is 1.99. The molecule has 142 valence electrons. The lowest BCUT2D eigenvalue weighted by Crippen LogP contribution is -2.47. The molecule has 1 fully saturated rings. The molecular formula is C21H26N4OS. The Morgan fingerprint density at radius 2 is 1.89 bits per heavy atom. The summed E-state index contributed by atoms with van der Waals surface area (Å²) in [4.78, 5) is 15.4. The van der Waals surface area contributed by atoms with E-state index in [1.54, 1.807) is 17.2 Å². The van der Waals surface area contributed by atoms with Crippen LogP contribution >= 0.6 is 11.3 Å². The number of para-hydroxylation sites is 1. The number of hydrogen-bond acceptors (Lipinski definition) is 5. The minimum atomic E-state index is -0.0766. The number of amidine groups is 1. The van der Waals surface area contributed by atoms with Gasteiger partial charge in [0.15, 0.2) is 0 Å². The molecule has 27 heavy (non-hydrogen) atoms. The van der Waals surface area contributed by atoms with Gasteiger partial charge in [-0.25, -0.2) is 0 Å².